The van der Waals surface area contributed by atoms with Crippen molar-refractivity contribution in [1.29, 1.82) is 0 Å². The van der Waals surface area contributed by atoms with Crippen LogP contribution < -0.4 is 19.8 Å². The third-order valence-corrected chi connectivity index (χ3v) is 10.6. The van der Waals surface area contributed by atoms with Gasteiger partial charge in [0.15, 0.2) is 24.8 Å². The van der Waals surface area contributed by atoms with Gasteiger partial charge in [0.1, 0.15) is 0 Å². The van der Waals surface area contributed by atoms with Gasteiger partial charge in [0.05, 0.1) is 0 Å². The number of pyridine rings is 2. The number of nitrogens with one attached hydrogen (secondary N) is 2. The van der Waals surface area contributed by atoms with Crippen molar-refractivity contribution in [2.75, 3.05) is 23.7 Å². The van der Waals surface area contributed by atoms with Crippen LogP contribution in [0.5, 0.6) is 0 Å². The van der Waals surface area contributed by atoms with Crippen LogP contribution in [0.2, 0.25) is 0 Å². The zero-order valence-corrected chi connectivity index (χ0v) is 31.6. The minimum absolute atomic E-state index is 0.382. The van der Waals surface area contributed by atoms with Crippen molar-refractivity contribution in [3.05, 3.63) is 49.1 Å². The Morgan fingerprint density at radius 3 is 1.09 bits per heavy atom. The zero-order valence-electron chi connectivity index (χ0n) is 28.4. The number of aromatic nitrogens is 2. The van der Waals surface area contributed by atoms with Crippen LogP contribution in [-0.4, -0.2) is 13.1 Å². The molecule has 0 bridgehead atoms. The van der Waals surface area contributed by atoms with Gasteiger partial charge in [0.2, 0.25) is 9.90 Å². The standard InChI is InChI=1S/C38H64Br2N4/c1-3-5-7-9-13-17-21-29-41-35-25-31-43(32-26-35)37(39)23-19-15-11-12-16-20-24-38(40)44-33-27-36(28-34-44)42-30-22-18-14-10-8-6-4-2/h25-28,31-34,37-38H,3-24,29-30H2,1-2H3/p+2. The summed E-state index contributed by atoms with van der Waals surface area (Å²) in [5.74, 6) is 0. The molecule has 2 atom stereocenters. The maximum absolute atomic E-state index is 3.91. The second-order valence-electron chi connectivity index (χ2n) is 12.7. The van der Waals surface area contributed by atoms with Crippen LogP contribution in [0.1, 0.15) is 165 Å². The summed E-state index contributed by atoms with van der Waals surface area (Å²) in [6, 6.07) is 8.87. The molecule has 2 rings (SSSR count). The Bertz CT molecular complexity index is 831. The van der Waals surface area contributed by atoms with E-state index >= 15 is 0 Å². The smallest absolute Gasteiger partial charge is 0.211 e. The Morgan fingerprint density at radius 1 is 0.455 bits per heavy atom. The maximum atomic E-state index is 3.91. The fourth-order valence-corrected chi connectivity index (χ4v) is 6.94. The quantitative estimate of drug-likeness (QED) is 0.0495. The molecule has 0 saturated carbocycles. The summed E-state index contributed by atoms with van der Waals surface area (Å²) in [5.41, 5.74) is 2.47. The lowest BCUT2D eigenvalue weighted by Gasteiger charge is -2.09. The number of hydrogen-bond donors (Lipinski definition) is 2. The normalized spacial score (nSPS) is 12.7. The molecular weight excluding hydrogens is 672 g/mol. The fraction of sp³-hybridized carbons (Fsp3) is 0.737. The van der Waals surface area contributed by atoms with Crippen molar-refractivity contribution in [1.82, 2.24) is 0 Å². The molecule has 0 aromatic carbocycles. The predicted molar refractivity (Wildman–Crippen MR) is 199 cm³/mol. The molecule has 4 nitrogen and oxygen atoms in total. The summed E-state index contributed by atoms with van der Waals surface area (Å²) in [6.45, 7) is 6.72. The third kappa shape index (κ3) is 19.4. The van der Waals surface area contributed by atoms with Crippen LogP contribution in [0.3, 0.4) is 0 Å². The zero-order chi connectivity index (χ0) is 31.5. The number of anilines is 2. The SMILES string of the molecule is CCCCCCCCCNc1cc[n+](C(Br)CCCCCCCCC(Br)[n+]2ccc(NCCCCCCCCC)cc2)cc1. The van der Waals surface area contributed by atoms with Gasteiger partial charge < -0.3 is 10.6 Å². The maximum Gasteiger partial charge on any atom is 0.211 e. The lowest BCUT2D eigenvalue weighted by Crippen LogP contribution is -2.35. The van der Waals surface area contributed by atoms with Crippen LogP contribution in [0.4, 0.5) is 11.4 Å². The van der Waals surface area contributed by atoms with Gasteiger partial charge in [-0.3, -0.25) is 0 Å². The van der Waals surface area contributed by atoms with Crippen molar-refractivity contribution in [3.8, 4) is 0 Å². The summed E-state index contributed by atoms with van der Waals surface area (Å²) in [4.78, 5) is 0.764. The first-order chi connectivity index (χ1) is 21.6. The van der Waals surface area contributed by atoms with Gasteiger partial charge in [-0.05, 0) is 57.5 Å². The van der Waals surface area contributed by atoms with E-state index in [9.17, 15) is 0 Å². The highest BCUT2D eigenvalue weighted by Crippen LogP contribution is 2.21. The van der Waals surface area contributed by atoms with E-state index in [1.54, 1.807) is 0 Å². The Hall–Kier alpha value is -1.14. The molecule has 0 spiro atoms. The van der Waals surface area contributed by atoms with E-state index in [2.05, 4.69) is 115 Å². The molecule has 0 fully saturated rings. The number of nitrogens with zero attached hydrogens (tertiary/aromatic N) is 2. The molecule has 0 radical (unpaired) electrons. The summed E-state index contributed by atoms with van der Waals surface area (Å²) in [7, 11) is 0. The number of rotatable bonds is 29. The van der Waals surface area contributed by atoms with E-state index in [4.69, 9.17) is 0 Å². The lowest BCUT2D eigenvalue weighted by atomic mass is 10.1. The van der Waals surface area contributed by atoms with E-state index in [0.717, 1.165) is 13.1 Å². The molecule has 0 amide bonds. The van der Waals surface area contributed by atoms with Crippen molar-refractivity contribution in [2.45, 2.75) is 165 Å². The van der Waals surface area contributed by atoms with Crippen molar-refractivity contribution in [3.63, 3.8) is 0 Å². The number of hydrogen-bond acceptors (Lipinski definition) is 2. The average Bonchev–Trinajstić information content (AvgIpc) is 3.05. The molecule has 250 valence electrons. The Labute approximate surface area is 288 Å². The molecule has 0 aliphatic rings. The monoisotopic (exact) mass is 736 g/mol. The number of unbranched alkanes of at least 4 members (excludes halogenated alkanes) is 17. The highest BCUT2D eigenvalue weighted by molar-refractivity contribution is 9.09. The van der Waals surface area contributed by atoms with Crippen LogP contribution in [0.15, 0.2) is 49.1 Å². The van der Waals surface area contributed by atoms with Crippen molar-refractivity contribution >= 4 is 43.2 Å². The van der Waals surface area contributed by atoms with E-state index in [1.165, 1.54) is 153 Å². The summed E-state index contributed by atoms with van der Waals surface area (Å²) < 4.78 is 4.59. The van der Waals surface area contributed by atoms with Crippen molar-refractivity contribution in [2.24, 2.45) is 0 Å². The van der Waals surface area contributed by atoms with Gasteiger partial charge in [-0.2, -0.15) is 9.13 Å². The van der Waals surface area contributed by atoms with Gasteiger partial charge in [0, 0.05) is 61.6 Å². The van der Waals surface area contributed by atoms with Crippen LogP contribution in [-0.2, 0) is 0 Å². The lowest BCUT2D eigenvalue weighted by molar-refractivity contribution is -0.698. The van der Waals surface area contributed by atoms with E-state index < -0.39 is 0 Å². The molecule has 44 heavy (non-hydrogen) atoms. The minimum atomic E-state index is 0.382. The molecule has 2 unspecified atom stereocenters. The molecular formula is C38H66Br2N4+2. The third-order valence-electron chi connectivity index (χ3n) is 8.71. The molecule has 0 saturated heterocycles. The predicted octanol–water partition coefficient (Wildman–Crippen LogP) is 12.2. The molecule has 2 N–H and O–H groups in total. The summed E-state index contributed by atoms with van der Waals surface area (Å²) in [5, 5.41) is 7.18. The first-order valence-electron chi connectivity index (χ1n) is 18.4. The summed E-state index contributed by atoms with van der Waals surface area (Å²) >= 11 is 7.81. The highest BCUT2D eigenvalue weighted by Gasteiger charge is 2.15. The average molecular weight is 739 g/mol. The topological polar surface area (TPSA) is 31.8 Å². The highest BCUT2D eigenvalue weighted by atomic mass is 79.9. The van der Waals surface area contributed by atoms with Gasteiger partial charge in [-0.15, -0.1) is 0 Å². The minimum Gasteiger partial charge on any atom is -0.385 e. The first-order valence-corrected chi connectivity index (χ1v) is 20.2. The van der Waals surface area contributed by atoms with E-state index in [1.807, 2.05) is 0 Å². The van der Waals surface area contributed by atoms with Gasteiger partial charge >= 0.3 is 0 Å². The molecule has 2 aromatic heterocycles. The Morgan fingerprint density at radius 2 is 0.750 bits per heavy atom. The fourth-order valence-electron chi connectivity index (χ4n) is 5.75. The number of halogens is 2. The van der Waals surface area contributed by atoms with Gasteiger partial charge in [-0.1, -0.05) is 117 Å². The Kier molecular flexibility index (Phi) is 24.0. The Balaban J connectivity index is 1.45. The van der Waals surface area contributed by atoms with E-state index in [-0.39, 0.29) is 0 Å². The first kappa shape index (κ1) is 39.0. The molecule has 6 heteroatoms. The van der Waals surface area contributed by atoms with Crippen LogP contribution in [0, 0.1) is 0 Å². The second kappa shape index (κ2) is 27.0. The van der Waals surface area contributed by atoms with Gasteiger partial charge in [0.25, 0.3) is 0 Å². The van der Waals surface area contributed by atoms with Crippen LogP contribution >= 0.6 is 31.9 Å². The van der Waals surface area contributed by atoms with E-state index in [0.29, 0.717) is 9.90 Å². The molecule has 0 aliphatic carbocycles. The summed E-state index contributed by atoms with van der Waals surface area (Å²) in [6.07, 6.45) is 38.1. The van der Waals surface area contributed by atoms with Gasteiger partial charge in [-0.25, -0.2) is 0 Å². The van der Waals surface area contributed by atoms with Crippen molar-refractivity contribution < 1.29 is 9.13 Å². The second-order valence-corrected chi connectivity index (χ2v) is 14.8. The molecule has 2 heterocycles. The molecule has 0 aliphatic heterocycles. The largest absolute Gasteiger partial charge is 0.385 e. The molecule has 2 aromatic rings. The van der Waals surface area contributed by atoms with Crippen LogP contribution in [0.25, 0.3) is 0 Å². The number of alkyl halides is 2.